The Kier molecular flexibility index (Phi) is 4.66. The van der Waals surface area contributed by atoms with Crippen LogP contribution in [0.15, 0.2) is 18.2 Å². The first-order valence-electron chi connectivity index (χ1n) is 8.01. The molecule has 1 aromatic carbocycles. The fraction of sp³-hybridized carbons (Fsp3) is 0.647. The number of benzene rings is 1. The largest absolute Gasteiger partial charge is 0.486 e. The number of hydrogen-bond donors (Lipinski definition) is 2. The second-order valence-electron chi connectivity index (χ2n) is 6.30. The number of ether oxygens (including phenoxy) is 2. The molecule has 2 aliphatic rings. The van der Waals surface area contributed by atoms with Crippen molar-refractivity contribution in [1.82, 2.24) is 5.32 Å². The first-order valence-corrected chi connectivity index (χ1v) is 8.01. The zero-order valence-corrected chi connectivity index (χ0v) is 12.6. The average Bonchev–Trinajstić information content (AvgIpc) is 2.55. The molecule has 2 N–H and O–H groups in total. The molecule has 3 rings (SSSR count). The van der Waals surface area contributed by atoms with Gasteiger partial charge in [0.05, 0.1) is 0 Å². The van der Waals surface area contributed by atoms with Gasteiger partial charge in [-0.25, -0.2) is 0 Å². The highest BCUT2D eigenvalue weighted by Crippen LogP contribution is 2.35. The number of aliphatic hydroxyl groups excluding tert-OH is 1. The van der Waals surface area contributed by atoms with Crippen LogP contribution in [-0.2, 0) is 6.54 Å². The van der Waals surface area contributed by atoms with Crippen molar-refractivity contribution in [2.24, 2.45) is 5.41 Å². The van der Waals surface area contributed by atoms with Crippen molar-refractivity contribution in [3.05, 3.63) is 23.8 Å². The molecular formula is C17H25NO3. The molecule has 4 heteroatoms. The van der Waals surface area contributed by atoms with E-state index in [1.54, 1.807) is 0 Å². The Morgan fingerprint density at radius 1 is 1.05 bits per heavy atom. The Morgan fingerprint density at radius 3 is 2.57 bits per heavy atom. The van der Waals surface area contributed by atoms with E-state index in [2.05, 4.69) is 11.4 Å². The molecule has 1 aliphatic carbocycles. The van der Waals surface area contributed by atoms with Gasteiger partial charge in [-0.05, 0) is 30.5 Å². The fourth-order valence-electron chi connectivity index (χ4n) is 3.36. The average molecular weight is 291 g/mol. The Balaban J connectivity index is 1.55. The van der Waals surface area contributed by atoms with Crippen LogP contribution in [0.3, 0.4) is 0 Å². The van der Waals surface area contributed by atoms with E-state index in [0.717, 1.165) is 37.4 Å². The lowest BCUT2D eigenvalue weighted by atomic mass is 9.74. The SMILES string of the molecule is OCC1(CNCc2ccc3c(c2)OCCO3)CCCCC1. The van der Waals surface area contributed by atoms with Crippen LogP contribution in [0, 0.1) is 5.41 Å². The van der Waals surface area contributed by atoms with Crippen LogP contribution < -0.4 is 14.8 Å². The summed E-state index contributed by atoms with van der Waals surface area (Å²) in [5.74, 6) is 1.68. The zero-order valence-electron chi connectivity index (χ0n) is 12.6. The quantitative estimate of drug-likeness (QED) is 0.875. The Bertz CT molecular complexity index is 469. The minimum Gasteiger partial charge on any atom is -0.486 e. The van der Waals surface area contributed by atoms with Gasteiger partial charge < -0.3 is 19.9 Å². The smallest absolute Gasteiger partial charge is 0.161 e. The second kappa shape index (κ2) is 6.67. The highest BCUT2D eigenvalue weighted by atomic mass is 16.6. The Morgan fingerprint density at radius 2 is 1.81 bits per heavy atom. The molecule has 1 aliphatic heterocycles. The van der Waals surface area contributed by atoms with Gasteiger partial charge in [-0.15, -0.1) is 0 Å². The van der Waals surface area contributed by atoms with Crippen molar-refractivity contribution in [3.63, 3.8) is 0 Å². The van der Waals surface area contributed by atoms with Gasteiger partial charge in [0.2, 0.25) is 0 Å². The van der Waals surface area contributed by atoms with Crippen LogP contribution in [0.1, 0.15) is 37.7 Å². The molecule has 1 saturated carbocycles. The van der Waals surface area contributed by atoms with Crippen LogP contribution in [0.2, 0.25) is 0 Å². The monoisotopic (exact) mass is 291 g/mol. The van der Waals surface area contributed by atoms with Gasteiger partial charge in [-0.2, -0.15) is 0 Å². The van der Waals surface area contributed by atoms with Crippen molar-refractivity contribution in [3.8, 4) is 11.5 Å². The minimum atomic E-state index is 0.0894. The molecule has 0 radical (unpaired) electrons. The van der Waals surface area contributed by atoms with Gasteiger partial charge in [0, 0.05) is 25.1 Å². The number of aliphatic hydroxyl groups is 1. The minimum absolute atomic E-state index is 0.0894. The Hall–Kier alpha value is -1.26. The van der Waals surface area contributed by atoms with Crippen LogP contribution >= 0.6 is 0 Å². The van der Waals surface area contributed by atoms with E-state index < -0.39 is 0 Å². The molecule has 116 valence electrons. The van der Waals surface area contributed by atoms with Crippen LogP contribution in [0.5, 0.6) is 11.5 Å². The van der Waals surface area contributed by atoms with Crippen molar-refractivity contribution >= 4 is 0 Å². The summed E-state index contributed by atoms with van der Waals surface area (Å²) in [5.41, 5.74) is 1.29. The fourth-order valence-corrected chi connectivity index (χ4v) is 3.36. The molecule has 1 aromatic rings. The molecular weight excluding hydrogens is 266 g/mol. The molecule has 0 saturated heterocycles. The predicted octanol–water partition coefficient (Wildman–Crippen LogP) is 2.49. The van der Waals surface area contributed by atoms with Gasteiger partial charge in [0.15, 0.2) is 11.5 Å². The van der Waals surface area contributed by atoms with E-state index in [9.17, 15) is 5.11 Å². The van der Waals surface area contributed by atoms with Crippen molar-refractivity contribution in [1.29, 1.82) is 0 Å². The topological polar surface area (TPSA) is 50.7 Å². The molecule has 0 atom stereocenters. The third-order valence-corrected chi connectivity index (χ3v) is 4.69. The van der Waals surface area contributed by atoms with E-state index >= 15 is 0 Å². The highest BCUT2D eigenvalue weighted by Gasteiger charge is 2.30. The molecule has 0 bridgehead atoms. The number of fused-ring (bicyclic) bond motifs is 1. The van der Waals surface area contributed by atoms with Crippen LogP contribution in [-0.4, -0.2) is 31.5 Å². The molecule has 0 amide bonds. The number of nitrogens with one attached hydrogen (secondary N) is 1. The summed E-state index contributed by atoms with van der Waals surface area (Å²) >= 11 is 0. The predicted molar refractivity (Wildman–Crippen MR) is 81.7 cm³/mol. The normalized spacial score (nSPS) is 20.2. The summed E-state index contributed by atoms with van der Waals surface area (Å²) in [6.07, 6.45) is 6.07. The van der Waals surface area contributed by atoms with E-state index in [1.165, 1.54) is 24.8 Å². The lowest BCUT2D eigenvalue weighted by Crippen LogP contribution is -2.38. The molecule has 1 fully saturated rings. The van der Waals surface area contributed by atoms with Crippen molar-refractivity contribution in [2.45, 2.75) is 38.6 Å². The summed E-state index contributed by atoms with van der Waals surface area (Å²) in [6, 6.07) is 6.11. The third kappa shape index (κ3) is 3.50. The Labute approximate surface area is 126 Å². The molecule has 4 nitrogen and oxygen atoms in total. The van der Waals surface area contributed by atoms with Gasteiger partial charge in [-0.3, -0.25) is 0 Å². The number of rotatable bonds is 5. The first kappa shape index (κ1) is 14.7. The maximum Gasteiger partial charge on any atom is 0.161 e. The van der Waals surface area contributed by atoms with E-state index in [1.807, 2.05) is 12.1 Å². The van der Waals surface area contributed by atoms with Crippen molar-refractivity contribution in [2.75, 3.05) is 26.4 Å². The lowest BCUT2D eigenvalue weighted by Gasteiger charge is -2.35. The van der Waals surface area contributed by atoms with Crippen LogP contribution in [0.4, 0.5) is 0 Å². The number of hydrogen-bond acceptors (Lipinski definition) is 4. The van der Waals surface area contributed by atoms with Gasteiger partial charge in [0.25, 0.3) is 0 Å². The van der Waals surface area contributed by atoms with E-state index in [-0.39, 0.29) is 5.41 Å². The summed E-state index contributed by atoms with van der Waals surface area (Å²) in [4.78, 5) is 0. The molecule has 0 unspecified atom stereocenters. The maximum atomic E-state index is 9.72. The van der Waals surface area contributed by atoms with Gasteiger partial charge in [0.1, 0.15) is 13.2 Å². The van der Waals surface area contributed by atoms with E-state index in [0.29, 0.717) is 19.8 Å². The van der Waals surface area contributed by atoms with Crippen molar-refractivity contribution < 1.29 is 14.6 Å². The standard InChI is InChI=1S/C17H25NO3/c19-13-17(6-2-1-3-7-17)12-18-11-14-4-5-15-16(10-14)21-9-8-20-15/h4-5,10,18-19H,1-3,6-9,11-13H2. The summed E-state index contributed by atoms with van der Waals surface area (Å²) in [7, 11) is 0. The second-order valence-corrected chi connectivity index (χ2v) is 6.30. The highest BCUT2D eigenvalue weighted by molar-refractivity contribution is 5.43. The van der Waals surface area contributed by atoms with E-state index in [4.69, 9.17) is 9.47 Å². The maximum absolute atomic E-state index is 9.72. The summed E-state index contributed by atoms with van der Waals surface area (Å²) in [5, 5.41) is 13.2. The van der Waals surface area contributed by atoms with Gasteiger partial charge >= 0.3 is 0 Å². The molecule has 21 heavy (non-hydrogen) atoms. The van der Waals surface area contributed by atoms with Crippen LogP contribution in [0.25, 0.3) is 0 Å². The lowest BCUT2D eigenvalue weighted by molar-refractivity contribution is 0.0810. The summed E-state index contributed by atoms with van der Waals surface area (Å²) in [6.45, 7) is 3.23. The molecule has 1 heterocycles. The summed E-state index contributed by atoms with van der Waals surface area (Å²) < 4.78 is 11.1. The third-order valence-electron chi connectivity index (χ3n) is 4.69. The zero-order chi connectivity index (χ0) is 14.5. The molecule has 0 spiro atoms. The molecule has 0 aromatic heterocycles. The van der Waals surface area contributed by atoms with Gasteiger partial charge in [-0.1, -0.05) is 25.3 Å². The first-order chi connectivity index (χ1) is 10.3.